The van der Waals surface area contributed by atoms with Gasteiger partial charge in [-0.2, -0.15) is 0 Å². The standard InChI is InChI=1S/C13H21NO/c1-10(2)9-14-12-5-7-13(8-6-12)15-11(3)4/h5-8,10-11,14H,9H2,1-4H3. The van der Waals surface area contributed by atoms with Crippen molar-refractivity contribution < 1.29 is 4.74 Å². The van der Waals surface area contributed by atoms with Crippen LogP contribution in [0.4, 0.5) is 5.69 Å². The van der Waals surface area contributed by atoms with Crippen molar-refractivity contribution in [2.75, 3.05) is 11.9 Å². The van der Waals surface area contributed by atoms with Crippen LogP contribution in [-0.4, -0.2) is 12.6 Å². The Morgan fingerprint density at radius 3 is 2.13 bits per heavy atom. The molecule has 84 valence electrons. The SMILES string of the molecule is CC(C)CNc1ccc(OC(C)C)cc1. The third-order valence-electron chi connectivity index (χ3n) is 1.94. The summed E-state index contributed by atoms with van der Waals surface area (Å²) in [7, 11) is 0. The molecule has 0 bridgehead atoms. The van der Waals surface area contributed by atoms with Crippen molar-refractivity contribution in [1.29, 1.82) is 0 Å². The lowest BCUT2D eigenvalue weighted by atomic mass is 10.2. The fourth-order valence-electron chi connectivity index (χ4n) is 1.25. The molecule has 1 aromatic rings. The van der Waals surface area contributed by atoms with E-state index in [9.17, 15) is 0 Å². The van der Waals surface area contributed by atoms with Crippen molar-refractivity contribution in [3.8, 4) is 5.75 Å². The minimum Gasteiger partial charge on any atom is -0.491 e. The van der Waals surface area contributed by atoms with E-state index in [1.165, 1.54) is 0 Å². The van der Waals surface area contributed by atoms with Gasteiger partial charge in [-0.1, -0.05) is 13.8 Å². The van der Waals surface area contributed by atoms with Gasteiger partial charge in [0.15, 0.2) is 0 Å². The second-order valence-corrected chi connectivity index (χ2v) is 4.47. The van der Waals surface area contributed by atoms with Crippen LogP contribution < -0.4 is 10.1 Å². The van der Waals surface area contributed by atoms with Gasteiger partial charge < -0.3 is 10.1 Å². The molecule has 0 heterocycles. The fourth-order valence-corrected chi connectivity index (χ4v) is 1.25. The van der Waals surface area contributed by atoms with E-state index >= 15 is 0 Å². The molecule has 0 aliphatic carbocycles. The number of ether oxygens (including phenoxy) is 1. The quantitative estimate of drug-likeness (QED) is 0.797. The Morgan fingerprint density at radius 1 is 1.07 bits per heavy atom. The highest BCUT2D eigenvalue weighted by molar-refractivity contribution is 5.46. The molecule has 15 heavy (non-hydrogen) atoms. The summed E-state index contributed by atoms with van der Waals surface area (Å²) in [5.41, 5.74) is 1.15. The van der Waals surface area contributed by atoms with Crippen molar-refractivity contribution in [2.45, 2.75) is 33.8 Å². The second kappa shape index (κ2) is 5.64. The molecule has 0 fully saturated rings. The molecule has 0 radical (unpaired) electrons. The average molecular weight is 207 g/mol. The maximum Gasteiger partial charge on any atom is 0.119 e. The topological polar surface area (TPSA) is 21.3 Å². The molecule has 0 aromatic heterocycles. The average Bonchev–Trinajstić information content (AvgIpc) is 2.16. The number of anilines is 1. The van der Waals surface area contributed by atoms with Gasteiger partial charge in [0.1, 0.15) is 5.75 Å². The van der Waals surface area contributed by atoms with E-state index in [0.717, 1.165) is 18.0 Å². The number of nitrogens with one attached hydrogen (secondary N) is 1. The van der Waals surface area contributed by atoms with Crippen LogP contribution in [0.1, 0.15) is 27.7 Å². The van der Waals surface area contributed by atoms with E-state index in [1.807, 2.05) is 26.0 Å². The van der Waals surface area contributed by atoms with Crippen LogP contribution in [0.15, 0.2) is 24.3 Å². The van der Waals surface area contributed by atoms with E-state index in [-0.39, 0.29) is 6.10 Å². The zero-order valence-corrected chi connectivity index (χ0v) is 10.1. The van der Waals surface area contributed by atoms with Gasteiger partial charge in [0.05, 0.1) is 6.10 Å². The molecule has 0 atom stereocenters. The first-order chi connectivity index (χ1) is 7.08. The van der Waals surface area contributed by atoms with Crippen molar-refractivity contribution in [2.24, 2.45) is 5.92 Å². The summed E-state index contributed by atoms with van der Waals surface area (Å²) < 4.78 is 5.57. The molecule has 0 unspecified atom stereocenters. The Balaban J connectivity index is 2.49. The maximum atomic E-state index is 5.57. The van der Waals surface area contributed by atoms with Crippen LogP contribution in [0, 0.1) is 5.92 Å². The van der Waals surface area contributed by atoms with E-state index in [4.69, 9.17) is 4.74 Å². The lowest BCUT2D eigenvalue weighted by Gasteiger charge is -2.12. The van der Waals surface area contributed by atoms with Gasteiger partial charge in [-0.25, -0.2) is 0 Å². The molecule has 0 amide bonds. The summed E-state index contributed by atoms with van der Waals surface area (Å²) in [6, 6.07) is 8.12. The molecular weight excluding hydrogens is 186 g/mol. The maximum absolute atomic E-state index is 5.57. The van der Waals surface area contributed by atoms with Gasteiger partial charge in [-0.15, -0.1) is 0 Å². The molecule has 1 rings (SSSR count). The largest absolute Gasteiger partial charge is 0.491 e. The third-order valence-corrected chi connectivity index (χ3v) is 1.94. The zero-order chi connectivity index (χ0) is 11.3. The molecule has 0 saturated carbocycles. The van der Waals surface area contributed by atoms with Crippen molar-refractivity contribution in [1.82, 2.24) is 0 Å². The Labute approximate surface area is 92.6 Å². The summed E-state index contributed by atoms with van der Waals surface area (Å²) >= 11 is 0. The lowest BCUT2D eigenvalue weighted by Crippen LogP contribution is -2.08. The molecule has 0 aliphatic heterocycles. The summed E-state index contributed by atoms with van der Waals surface area (Å²) in [6.45, 7) is 9.46. The predicted molar refractivity (Wildman–Crippen MR) is 65.5 cm³/mol. The molecule has 0 spiro atoms. The molecular formula is C13H21NO. The minimum atomic E-state index is 0.236. The van der Waals surface area contributed by atoms with Crippen LogP contribution in [-0.2, 0) is 0 Å². The highest BCUT2D eigenvalue weighted by atomic mass is 16.5. The van der Waals surface area contributed by atoms with Gasteiger partial charge in [0, 0.05) is 12.2 Å². The second-order valence-electron chi connectivity index (χ2n) is 4.47. The van der Waals surface area contributed by atoms with Crippen LogP contribution >= 0.6 is 0 Å². The lowest BCUT2D eigenvalue weighted by molar-refractivity contribution is 0.242. The Kier molecular flexibility index (Phi) is 4.47. The van der Waals surface area contributed by atoms with Crippen molar-refractivity contribution in [3.05, 3.63) is 24.3 Å². The molecule has 1 aromatic carbocycles. The summed E-state index contributed by atoms with van der Waals surface area (Å²) in [5, 5.41) is 3.37. The number of hydrogen-bond donors (Lipinski definition) is 1. The molecule has 1 N–H and O–H groups in total. The van der Waals surface area contributed by atoms with Gasteiger partial charge in [0.2, 0.25) is 0 Å². The molecule has 2 heteroatoms. The zero-order valence-electron chi connectivity index (χ0n) is 10.1. The first-order valence-electron chi connectivity index (χ1n) is 5.58. The highest BCUT2D eigenvalue weighted by Crippen LogP contribution is 2.16. The smallest absolute Gasteiger partial charge is 0.119 e. The number of hydrogen-bond acceptors (Lipinski definition) is 2. The van der Waals surface area contributed by atoms with Gasteiger partial charge in [0.25, 0.3) is 0 Å². The van der Waals surface area contributed by atoms with Gasteiger partial charge >= 0.3 is 0 Å². The summed E-state index contributed by atoms with van der Waals surface area (Å²) in [6.07, 6.45) is 0.236. The monoisotopic (exact) mass is 207 g/mol. The van der Waals surface area contributed by atoms with E-state index in [1.54, 1.807) is 0 Å². The Hall–Kier alpha value is -1.18. The predicted octanol–water partition coefficient (Wildman–Crippen LogP) is 3.54. The third kappa shape index (κ3) is 4.73. The van der Waals surface area contributed by atoms with Gasteiger partial charge in [-0.3, -0.25) is 0 Å². The molecule has 2 nitrogen and oxygen atoms in total. The van der Waals surface area contributed by atoms with E-state index in [0.29, 0.717) is 5.92 Å². The number of rotatable bonds is 5. The van der Waals surface area contributed by atoms with Crippen LogP contribution in [0.5, 0.6) is 5.75 Å². The van der Waals surface area contributed by atoms with Crippen LogP contribution in [0.2, 0.25) is 0 Å². The summed E-state index contributed by atoms with van der Waals surface area (Å²) in [5.74, 6) is 1.59. The Morgan fingerprint density at radius 2 is 1.67 bits per heavy atom. The van der Waals surface area contributed by atoms with Crippen LogP contribution in [0.25, 0.3) is 0 Å². The molecule has 0 saturated heterocycles. The van der Waals surface area contributed by atoms with Crippen molar-refractivity contribution in [3.63, 3.8) is 0 Å². The van der Waals surface area contributed by atoms with Gasteiger partial charge in [-0.05, 0) is 44.0 Å². The first-order valence-corrected chi connectivity index (χ1v) is 5.58. The normalized spacial score (nSPS) is 10.8. The highest BCUT2D eigenvalue weighted by Gasteiger charge is 1.98. The summed E-state index contributed by atoms with van der Waals surface area (Å²) in [4.78, 5) is 0. The van der Waals surface area contributed by atoms with E-state index in [2.05, 4.69) is 31.3 Å². The first kappa shape index (κ1) is 11.9. The van der Waals surface area contributed by atoms with Crippen LogP contribution in [0.3, 0.4) is 0 Å². The van der Waals surface area contributed by atoms with E-state index < -0.39 is 0 Å². The minimum absolute atomic E-state index is 0.236. The molecule has 0 aliphatic rings. The van der Waals surface area contributed by atoms with Crippen molar-refractivity contribution >= 4 is 5.69 Å². The fraction of sp³-hybridized carbons (Fsp3) is 0.538. The Bertz CT molecular complexity index is 277. The number of benzene rings is 1.